The average molecular weight is 394 g/mol. The van der Waals surface area contributed by atoms with Gasteiger partial charge in [0.15, 0.2) is 0 Å². The van der Waals surface area contributed by atoms with Crippen LogP contribution in [0.5, 0.6) is 0 Å². The maximum Gasteiger partial charge on any atom is 0.222 e. The quantitative estimate of drug-likeness (QED) is 0.677. The summed E-state index contributed by atoms with van der Waals surface area (Å²) < 4.78 is 0. The average Bonchev–Trinajstić information content (AvgIpc) is 2.97. The molecule has 1 amide bonds. The Hall–Kier alpha value is -1.71. The Bertz CT molecular complexity index is 836. The van der Waals surface area contributed by atoms with Gasteiger partial charge in [0.1, 0.15) is 0 Å². The minimum absolute atomic E-state index is 0.289. The first-order chi connectivity index (χ1) is 13.8. The van der Waals surface area contributed by atoms with Gasteiger partial charge in [-0.15, -0.1) is 0 Å². The number of rotatable bonds is 1. The number of allylic oxidation sites excluding steroid dienone is 1. The second-order valence-corrected chi connectivity index (χ2v) is 10.8. The molecular weight excluding hydrogens is 358 g/mol. The number of piperidine rings is 1. The minimum atomic E-state index is 0.289. The summed E-state index contributed by atoms with van der Waals surface area (Å²) in [5.41, 5.74) is 3.19. The van der Waals surface area contributed by atoms with Crippen LogP contribution in [0.4, 0.5) is 0 Å². The lowest BCUT2D eigenvalue weighted by Crippen LogP contribution is -2.61. The molecular formula is C25H35N3O. The van der Waals surface area contributed by atoms with Crippen LogP contribution in [-0.2, 0) is 4.79 Å². The Morgan fingerprint density at radius 1 is 1.14 bits per heavy atom. The van der Waals surface area contributed by atoms with Gasteiger partial charge >= 0.3 is 0 Å². The summed E-state index contributed by atoms with van der Waals surface area (Å²) in [6, 6.07) is 0.447. The van der Waals surface area contributed by atoms with Crippen molar-refractivity contribution < 1.29 is 4.79 Å². The molecule has 4 nitrogen and oxygen atoms in total. The number of likely N-dealkylation sites (tertiary alicyclic amines) is 1. The summed E-state index contributed by atoms with van der Waals surface area (Å²) in [5, 5.41) is 0. The Kier molecular flexibility index (Phi) is 4.42. The first-order valence-corrected chi connectivity index (χ1v) is 11.6. The Labute approximate surface area is 175 Å². The summed E-state index contributed by atoms with van der Waals surface area (Å²) in [6.07, 6.45) is 16.0. The summed E-state index contributed by atoms with van der Waals surface area (Å²) in [5.74, 6) is 3.30. The molecule has 1 aromatic heterocycles. The van der Waals surface area contributed by atoms with Gasteiger partial charge < -0.3 is 4.90 Å². The van der Waals surface area contributed by atoms with Crippen LogP contribution in [0.15, 0.2) is 24.2 Å². The van der Waals surface area contributed by atoms with E-state index >= 15 is 0 Å². The van der Waals surface area contributed by atoms with Gasteiger partial charge in [0.25, 0.3) is 0 Å². The fourth-order valence-electron chi connectivity index (χ4n) is 8.19. The second kappa shape index (κ2) is 6.65. The first-order valence-electron chi connectivity index (χ1n) is 11.6. The predicted octanol–water partition coefficient (Wildman–Crippen LogP) is 4.97. The van der Waals surface area contributed by atoms with Crippen LogP contribution in [0.3, 0.4) is 0 Å². The number of aromatic nitrogens is 2. The van der Waals surface area contributed by atoms with Crippen LogP contribution in [0.1, 0.15) is 71.4 Å². The fraction of sp³-hybridized carbons (Fsp3) is 0.720. The molecule has 0 spiro atoms. The van der Waals surface area contributed by atoms with E-state index in [0.29, 0.717) is 23.3 Å². The van der Waals surface area contributed by atoms with Crippen LogP contribution < -0.4 is 0 Å². The highest BCUT2D eigenvalue weighted by atomic mass is 16.2. The number of carbonyl (C=O) groups excluding carboxylic acids is 1. The molecule has 4 heteroatoms. The molecule has 2 unspecified atom stereocenters. The van der Waals surface area contributed by atoms with Crippen molar-refractivity contribution in [3.63, 3.8) is 0 Å². The van der Waals surface area contributed by atoms with Crippen LogP contribution in [-0.4, -0.2) is 33.9 Å². The summed E-state index contributed by atoms with van der Waals surface area (Å²) in [6.45, 7) is 7.46. The molecule has 1 aromatic rings. The summed E-state index contributed by atoms with van der Waals surface area (Å²) in [4.78, 5) is 23.3. The maximum absolute atomic E-state index is 12.4. The number of carbonyl (C=O) groups is 1. The highest BCUT2D eigenvalue weighted by Crippen LogP contribution is 2.67. The maximum atomic E-state index is 12.4. The lowest BCUT2D eigenvalue weighted by atomic mass is 9.47. The molecule has 1 saturated heterocycles. The molecule has 29 heavy (non-hydrogen) atoms. The smallest absolute Gasteiger partial charge is 0.222 e. The largest absolute Gasteiger partial charge is 0.342 e. The van der Waals surface area contributed by atoms with E-state index in [2.05, 4.69) is 48.8 Å². The third-order valence-corrected chi connectivity index (χ3v) is 9.63. The van der Waals surface area contributed by atoms with Crippen LogP contribution in [0.2, 0.25) is 0 Å². The van der Waals surface area contributed by atoms with Gasteiger partial charge in [0, 0.05) is 31.9 Å². The first kappa shape index (κ1) is 19.3. The number of hydrogen-bond donors (Lipinski definition) is 0. The predicted molar refractivity (Wildman–Crippen MR) is 115 cm³/mol. The molecule has 3 aliphatic carbocycles. The monoisotopic (exact) mass is 393 g/mol. The SMILES string of the molecule is CC1C[C@H]2[C@@H]3CCC4N(C)C(=O)CC[C@]4(C)[C@@H]3CC[C@]2(C)C1=Cc1cnccn1. The highest BCUT2D eigenvalue weighted by Gasteiger charge is 2.61. The zero-order chi connectivity index (χ0) is 20.4. The molecule has 5 rings (SSSR count). The van der Waals surface area contributed by atoms with E-state index in [1.165, 1.54) is 32.1 Å². The lowest BCUT2D eigenvalue weighted by Gasteiger charge is -2.61. The molecule has 156 valence electrons. The summed E-state index contributed by atoms with van der Waals surface area (Å²) in [7, 11) is 2.05. The molecule has 4 aliphatic rings. The van der Waals surface area contributed by atoms with E-state index in [9.17, 15) is 4.79 Å². The zero-order valence-corrected chi connectivity index (χ0v) is 18.4. The Balaban J connectivity index is 1.47. The molecule has 0 bridgehead atoms. The van der Waals surface area contributed by atoms with E-state index < -0.39 is 0 Å². The number of amides is 1. The van der Waals surface area contributed by atoms with Gasteiger partial charge in [-0.2, -0.15) is 0 Å². The van der Waals surface area contributed by atoms with Gasteiger partial charge in [-0.05, 0) is 79.1 Å². The van der Waals surface area contributed by atoms with Gasteiger partial charge in [-0.1, -0.05) is 26.3 Å². The fourth-order valence-corrected chi connectivity index (χ4v) is 8.19. The zero-order valence-electron chi connectivity index (χ0n) is 18.4. The molecule has 3 saturated carbocycles. The molecule has 4 fully saturated rings. The molecule has 1 aliphatic heterocycles. The third-order valence-electron chi connectivity index (χ3n) is 9.63. The lowest BCUT2D eigenvalue weighted by molar-refractivity contribution is -0.156. The number of fused-ring (bicyclic) bond motifs is 5. The van der Waals surface area contributed by atoms with Gasteiger partial charge in [0.05, 0.1) is 11.9 Å². The van der Waals surface area contributed by atoms with E-state index in [4.69, 9.17) is 0 Å². The molecule has 0 aromatic carbocycles. The Morgan fingerprint density at radius 2 is 1.97 bits per heavy atom. The van der Waals surface area contributed by atoms with Crippen LogP contribution in [0.25, 0.3) is 6.08 Å². The van der Waals surface area contributed by atoms with Crippen molar-refractivity contribution in [3.8, 4) is 0 Å². The summed E-state index contributed by atoms with van der Waals surface area (Å²) >= 11 is 0. The minimum Gasteiger partial charge on any atom is -0.342 e. The molecule has 0 radical (unpaired) electrons. The topological polar surface area (TPSA) is 46.1 Å². The van der Waals surface area contributed by atoms with Crippen molar-refractivity contribution in [2.24, 2.45) is 34.5 Å². The van der Waals surface area contributed by atoms with Crippen molar-refractivity contribution in [2.45, 2.75) is 71.8 Å². The van der Waals surface area contributed by atoms with Crippen molar-refractivity contribution >= 4 is 12.0 Å². The van der Waals surface area contributed by atoms with Crippen molar-refractivity contribution in [2.75, 3.05) is 7.05 Å². The molecule has 2 heterocycles. The van der Waals surface area contributed by atoms with E-state index in [1.54, 1.807) is 18.0 Å². The van der Waals surface area contributed by atoms with Gasteiger partial charge in [-0.3, -0.25) is 14.8 Å². The molecule has 7 atom stereocenters. The van der Waals surface area contributed by atoms with Crippen molar-refractivity contribution in [1.29, 1.82) is 0 Å². The number of nitrogens with zero attached hydrogens (tertiary/aromatic N) is 3. The van der Waals surface area contributed by atoms with Crippen LogP contribution >= 0.6 is 0 Å². The second-order valence-electron chi connectivity index (χ2n) is 10.8. The Morgan fingerprint density at radius 3 is 2.72 bits per heavy atom. The van der Waals surface area contributed by atoms with Gasteiger partial charge in [0.2, 0.25) is 5.91 Å². The highest BCUT2D eigenvalue weighted by molar-refractivity contribution is 5.77. The van der Waals surface area contributed by atoms with E-state index in [1.807, 2.05) is 6.20 Å². The van der Waals surface area contributed by atoms with Gasteiger partial charge in [-0.25, -0.2) is 0 Å². The van der Waals surface area contributed by atoms with E-state index in [0.717, 1.165) is 36.3 Å². The molecule has 0 N–H and O–H groups in total. The van der Waals surface area contributed by atoms with Crippen LogP contribution in [0, 0.1) is 34.5 Å². The third kappa shape index (κ3) is 2.74. The van der Waals surface area contributed by atoms with Crippen molar-refractivity contribution in [3.05, 3.63) is 29.9 Å². The normalized spacial score (nSPS) is 45.7. The van der Waals surface area contributed by atoms with E-state index in [-0.39, 0.29) is 5.41 Å². The number of hydrogen-bond acceptors (Lipinski definition) is 3. The van der Waals surface area contributed by atoms with Crippen molar-refractivity contribution in [1.82, 2.24) is 14.9 Å². The standard InChI is InChI=1S/C25H35N3O/c1-16-13-21-18-5-6-22-25(3,10-8-23(29)28(22)4)19(18)7-9-24(21,2)20(16)14-17-15-26-11-12-27-17/h11-12,14-16,18-19,21-22H,5-10,13H2,1-4H3/t16?,18-,19-,21+,22?,24-,25-/m1/s1.